The van der Waals surface area contributed by atoms with Crippen molar-refractivity contribution in [1.29, 1.82) is 0 Å². The Bertz CT molecular complexity index is 402. The van der Waals surface area contributed by atoms with Gasteiger partial charge in [0, 0.05) is 20.0 Å². The monoisotopic (exact) mass is 245 g/mol. The molecule has 0 bridgehead atoms. The lowest BCUT2D eigenvalue weighted by Crippen LogP contribution is -2.30. The molecule has 0 fully saturated rings. The minimum atomic E-state index is -0.308. The van der Waals surface area contributed by atoms with Gasteiger partial charge in [-0.25, -0.2) is 0 Å². The molecule has 0 radical (unpaired) electrons. The van der Waals surface area contributed by atoms with Crippen LogP contribution in [0.25, 0.3) is 0 Å². The van der Waals surface area contributed by atoms with Crippen molar-refractivity contribution < 1.29 is 14.4 Å². The van der Waals surface area contributed by atoms with Crippen LogP contribution in [-0.4, -0.2) is 35.4 Å². The summed E-state index contributed by atoms with van der Waals surface area (Å²) in [6, 6.07) is 2.98. The first-order valence-corrected chi connectivity index (χ1v) is 4.89. The highest BCUT2D eigenvalue weighted by molar-refractivity contribution is 6.29. The summed E-state index contributed by atoms with van der Waals surface area (Å²) in [4.78, 5) is 13.1. The Kier molecular flexibility index (Phi) is 4.19. The van der Waals surface area contributed by atoms with Crippen LogP contribution in [0.1, 0.15) is 17.0 Å². The zero-order valence-electron chi connectivity index (χ0n) is 8.68. The molecule has 1 amide bonds. The summed E-state index contributed by atoms with van der Waals surface area (Å²) in [6.45, 7) is 0.326. The van der Waals surface area contributed by atoms with Gasteiger partial charge in [-0.15, -0.1) is 0 Å². The molecule has 0 aliphatic carbocycles. The summed E-state index contributed by atoms with van der Waals surface area (Å²) in [6.07, 6.45) is 0.285. The first kappa shape index (κ1) is 12.4. The molecule has 88 valence electrons. The minimum absolute atomic E-state index is 0.0668. The molecule has 0 spiro atoms. The number of rotatable bonds is 4. The number of nitrogens with zero attached hydrogens (tertiary/aromatic N) is 2. The molecular weight excluding hydrogens is 234 g/mol. The van der Waals surface area contributed by atoms with Crippen molar-refractivity contribution in [3.8, 4) is 0 Å². The number of hydrogen-bond acceptors (Lipinski definition) is 4. The van der Waals surface area contributed by atoms with E-state index in [2.05, 4.69) is 5.16 Å². The third-order valence-corrected chi connectivity index (χ3v) is 2.17. The minimum Gasteiger partial charge on any atom is -0.440 e. The zero-order valence-corrected chi connectivity index (χ0v) is 9.44. The molecule has 3 N–H and O–H groups in total. The van der Waals surface area contributed by atoms with E-state index in [4.69, 9.17) is 27.0 Å². The van der Waals surface area contributed by atoms with Crippen LogP contribution in [0.5, 0.6) is 0 Å². The summed E-state index contributed by atoms with van der Waals surface area (Å²) in [5.74, 6) is -0.0817. The molecule has 1 aromatic rings. The van der Waals surface area contributed by atoms with Crippen LogP contribution in [0.15, 0.2) is 21.7 Å². The smallest absolute Gasteiger partial charge is 0.289 e. The third kappa shape index (κ3) is 3.16. The van der Waals surface area contributed by atoms with E-state index in [0.717, 1.165) is 0 Å². The standard InChI is InChI=1S/C9H12ClN3O3/c1-13(5-4-8(11)12-15)9(14)6-2-3-7(10)16-6/h2-3,15H,4-5H2,1H3,(H2,11,12). The van der Waals surface area contributed by atoms with Crippen molar-refractivity contribution in [2.75, 3.05) is 13.6 Å². The SMILES string of the molecule is CN(CC/C(N)=N/O)C(=O)c1ccc(Cl)o1. The third-order valence-electron chi connectivity index (χ3n) is 1.96. The van der Waals surface area contributed by atoms with E-state index < -0.39 is 0 Å². The molecule has 0 aromatic carbocycles. The van der Waals surface area contributed by atoms with E-state index >= 15 is 0 Å². The van der Waals surface area contributed by atoms with Crippen molar-refractivity contribution in [3.63, 3.8) is 0 Å². The van der Waals surface area contributed by atoms with Crippen LogP contribution >= 0.6 is 11.6 Å². The largest absolute Gasteiger partial charge is 0.440 e. The van der Waals surface area contributed by atoms with Crippen LogP contribution < -0.4 is 5.73 Å². The fraction of sp³-hybridized carbons (Fsp3) is 0.333. The number of nitrogens with two attached hydrogens (primary N) is 1. The Hall–Kier alpha value is -1.69. The Morgan fingerprint density at radius 1 is 1.69 bits per heavy atom. The van der Waals surface area contributed by atoms with Gasteiger partial charge >= 0.3 is 0 Å². The number of furan rings is 1. The van der Waals surface area contributed by atoms with Gasteiger partial charge in [-0.3, -0.25) is 4.79 Å². The molecule has 0 saturated heterocycles. The molecule has 0 unspecified atom stereocenters. The van der Waals surface area contributed by atoms with Crippen LogP contribution in [0.4, 0.5) is 0 Å². The van der Waals surface area contributed by atoms with Crippen molar-refractivity contribution in [1.82, 2.24) is 4.90 Å². The fourth-order valence-corrected chi connectivity index (χ4v) is 1.20. The molecule has 0 aliphatic rings. The summed E-state index contributed by atoms with van der Waals surface area (Å²) in [7, 11) is 1.59. The number of halogens is 1. The second-order valence-corrected chi connectivity index (χ2v) is 3.54. The Morgan fingerprint density at radius 3 is 2.88 bits per heavy atom. The first-order valence-electron chi connectivity index (χ1n) is 4.51. The number of carbonyl (C=O) groups is 1. The van der Waals surface area contributed by atoms with Gasteiger partial charge in [-0.05, 0) is 23.7 Å². The van der Waals surface area contributed by atoms with Crippen molar-refractivity contribution in [2.45, 2.75) is 6.42 Å². The second kappa shape index (κ2) is 5.41. The van der Waals surface area contributed by atoms with E-state index in [1.54, 1.807) is 7.05 Å². The average Bonchev–Trinajstić information content (AvgIpc) is 2.71. The van der Waals surface area contributed by atoms with E-state index in [0.29, 0.717) is 6.54 Å². The number of oxime groups is 1. The maximum atomic E-state index is 11.7. The molecule has 1 heterocycles. The second-order valence-electron chi connectivity index (χ2n) is 3.17. The maximum absolute atomic E-state index is 11.7. The molecule has 1 aromatic heterocycles. The van der Waals surface area contributed by atoms with Gasteiger partial charge in [0.2, 0.25) is 0 Å². The summed E-state index contributed by atoms with van der Waals surface area (Å²) in [5, 5.41) is 11.3. The number of amidine groups is 1. The van der Waals surface area contributed by atoms with Crippen molar-refractivity contribution in [3.05, 3.63) is 23.1 Å². The lowest BCUT2D eigenvalue weighted by Gasteiger charge is -2.14. The van der Waals surface area contributed by atoms with Gasteiger partial charge in [0.05, 0.1) is 0 Å². The molecule has 7 heteroatoms. The topological polar surface area (TPSA) is 92.1 Å². The Morgan fingerprint density at radius 2 is 2.38 bits per heavy atom. The molecule has 0 saturated carbocycles. The highest BCUT2D eigenvalue weighted by Crippen LogP contribution is 2.14. The predicted octanol–water partition coefficient (Wildman–Crippen LogP) is 1.14. The van der Waals surface area contributed by atoms with E-state index in [1.165, 1.54) is 17.0 Å². The van der Waals surface area contributed by atoms with Gasteiger partial charge in [0.25, 0.3) is 5.91 Å². The van der Waals surface area contributed by atoms with Gasteiger partial charge in [-0.1, -0.05) is 5.16 Å². The molecular formula is C9H12ClN3O3. The van der Waals surface area contributed by atoms with Gasteiger partial charge in [0.15, 0.2) is 11.0 Å². The Labute approximate surface area is 97.3 Å². The van der Waals surface area contributed by atoms with Gasteiger partial charge in [-0.2, -0.15) is 0 Å². The zero-order chi connectivity index (χ0) is 12.1. The molecule has 16 heavy (non-hydrogen) atoms. The fourth-order valence-electron chi connectivity index (χ4n) is 1.05. The summed E-state index contributed by atoms with van der Waals surface area (Å²) in [5.41, 5.74) is 5.28. The van der Waals surface area contributed by atoms with E-state index in [1.807, 2.05) is 0 Å². The predicted molar refractivity (Wildman–Crippen MR) is 58.7 cm³/mol. The highest BCUT2D eigenvalue weighted by atomic mass is 35.5. The first-order chi connectivity index (χ1) is 7.54. The lowest BCUT2D eigenvalue weighted by molar-refractivity contribution is 0.0767. The molecule has 0 atom stereocenters. The van der Waals surface area contributed by atoms with Crippen LogP contribution in [0.3, 0.4) is 0 Å². The van der Waals surface area contributed by atoms with E-state index in [-0.39, 0.29) is 29.1 Å². The molecule has 0 aliphatic heterocycles. The molecule has 6 nitrogen and oxygen atoms in total. The number of hydrogen-bond donors (Lipinski definition) is 2. The van der Waals surface area contributed by atoms with Crippen LogP contribution in [0, 0.1) is 0 Å². The Balaban J connectivity index is 2.54. The highest BCUT2D eigenvalue weighted by Gasteiger charge is 2.15. The lowest BCUT2D eigenvalue weighted by atomic mass is 10.3. The maximum Gasteiger partial charge on any atom is 0.289 e. The van der Waals surface area contributed by atoms with Crippen LogP contribution in [-0.2, 0) is 0 Å². The summed E-state index contributed by atoms with van der Waals surface area (Å²) >= 11 is 5.55. The van der Waals surface area contributed by atoms with Gasteiger partial charge < -0.3 is 20.3 Å². The number of carbonyl (C=O) groups excluding carboxylic acids is 1. The van der Waals surface area contributed by atoms with Gasteiger partial charge in [0.1, 0.15) is 5.84 Å². The van der Waals surface area contributed by atoms with E-state index in [9.17, 15) is 4.79 Å². The van der Waals surface area contributed by atoms with Crippen molar-refractivity contribution >= 4 is 23.3 Å². The average molecular weight is 246 g/mol. The van der Waals surface area contributed by atoms with Crippen molar-refractivity contribution in [2.24, 2.45) is 10.9 Å². The molecule has 1 rings (SSSR count). The normalized spacial score (nSPS) is 11.5. The number of amides is 1. The summed E-state index contributed by atoms with van der Waals surface area (Å²) < 4.78 is 4.96. The van der Waals surface area contributed by atoms with Crippen LogP contribution in [0.2, 0.25) is 5.22 Å². The quantitative estimate of drug-likeness (QED) is 0.360.